The van der Waals surface area contributed by atoms with Crippen LogP contribution in [0.2, 0.25) is 5.02 Å². The number of rotatable bonds is 10. The van der Waals surface area contributed by atoms with Crippen molar-refractivity contribution in [2.45, 2.75) is 44.1 Å². The lowest BCUT2D eigenvalue weighted by molar-refractivity contribution is -0.113. The van der Waals surface area contributed by atoms with Crippen LogP contribution in [0.4, 0.5) is 11.4 Å². The molecule has 0 unspecified atom stereocenters. The molecule has 1 aliphatic rings. The van der Waals surface area contributed by atoms with Gasteiger partial charge in [0.25, 0.3) is 0 Å². The van der Waals surface area contributed by atoms with Crippen LogP contribution >= 0.6 is 23.4 Å². The lowest BCUT2D eigenvalue weighted by atomic mass is 10.2. The zero-order chi connectivity index (χ0) is 23.9. The van der Waals surface area contributed by atoms with Crippen molar-refractivity contribution in [2.75, 3.05) is 30.1 Å². The Balaban J connectivity index is 1.43. The Hall–Kier alpha value is -2.75. The Morgan fingerprint density at radius 3 is 2.91 bits per heavy atom. The van der Waals surface area contributed by atoms with Crippen LogP contribution in [0.3, 0.4) is 0 Å². The molecule has 2 N–H and O–H groups in total. The van der Waals surface area contributed by atoms with Crippen LogP contribution in [-0.2, 0) is 22.6 Å². The molecule has 1 aliphatic heterocycles. The SMILES string of the molecule is COc1ccccc1NC(=O)CSc1nnc(CNc2ccc(C)c(Cl)c2)n1C[C@H]1CCCO1. The van der Waals surface area contributed by atoms with E-state index in [1.54, 1.807) is 7.11 Å². The van der Waals surface area contributed by atoms with Gasteiger partial charge in [-0.2, -0.15) is 0 Å². The van der Waals surface area contributed by atoms with Gasteiger partial charge < -0.3 is 24.7 Å². The van der Waals surface area contributed by atoms with Crippen LogP contribution in [0.15, 0.2) is 47.6 Å². The number of anilines is 2. The molecule has 10 heteroatoms. The third kappa shape index (κ3) is 6.22. The van der Waals surface area contributed by atoms with Crippen molar-refractivity contribution >= 4 is 40.6 Å². The highest BCUT2D eigenvalue weighted by Gasteiger charge is 2.21. The van der Waals surface area contributed by atoms with Crippen molar-refractivity contribution in [3.8, 4) is 5.75 Å². The fraction of sp³-hybridized carbons (Fsp3) is 0.375. The Kier molecular flexibility index (Phi) is 8.31. The third-order valence-electron chi connectivity index (χ3n) is 5.54. The van der Waals surface area contributed by atoms with E-state index in [4.69, 9.17) is 21.1 Å². The van der Waals surface area contributed by atoms with Gasteiger partial charge >= 0.3 is 0 Å². The summed E-state index contributed by atoms with van der Waals surface area (Å²) in [4.78, 5) is 12.6. The summed E-state index contributed by atoms with van der Waals surface area (Å²) in [6.07, 6.45) is 2.16. The van der Waals surface area contributed by atoms with Gasteiger partial charge in [0.15, 0.2) is 11.0 Å². The van der Waals surface area contributed by atoms with E-state index in [0.717, 1.165) is 36.5 Å². The number of aromatic nitrogens is 3. The number of amides is 1. The molecular weight excluding hydrogens is 474 g/mol. The van der Waals surface area contributed by atoms with Crippen molar-refractivity contribution in [1.82, 2.24) is 14.8 Å². The van der Waals surface area contributed by atoms with Gasteiger partial charge in [-0.25, -0.2) is 0 Å². The number of nitrogens with one attached hydrogen (secondary N) is 2. The molecule has 4 rings (SSSR count). The molecule has 0 saturated carbocycles. The van der Waals surface area contributed by atoms with Crippen LogP contribution in [0, 0.1) is 6.92 Å². The van der Waals surface area contributed by atoms with Gasteiger partial charge in [-0.1, -0.05) is 41.6 Å². The van der Waals surface area contributed by atoms with E-state index in [-0.39, 0.29) is 17.8 Å². The summed E-state index contributed by atoms with van der Waals surface area (Å²) < 4.78 is 13.2. The number of benzene rings is 2. The highest BCUT2D eigenvalue weighted by molar-refractivity contribution is 7.99. The second kappa shape index (κ2) is 11.6. The van der Waals surface area contributed by atoms with Gasteiger partial charge in [-0.15, -0.1) is 10.2 Å². The Morgan fingerprint density at radius 1 is 1.29 bits per heavy atom. The molecule has 0 radical (unpaired) electrons. The smallest absolute Gasteiger partial charge is 0.234 e. The summed E-state index contributed by atoms with van der Waals surface area (Å²) in [5.41, 5.74) is 2.57. The first-order valence-electron chi connectivity index (χ1n) is 11.1. The van der Waals surface area contributed by atoms with Crippen molar-refractivity contribution in [3.05, 3.63) is 58.9 Å². The predicted octanol–water partition coefficient (Wildman–Crippen LogP) is 4.77. The number of halogens is 1. The Bertz CT molecular complexity index is 1130. The number of thioether (sulfide) groups is 1. The van der Waals surface area contributed by atoms with Crippen LogP contribution in [0.1, 0.15) is 24.2 Å². The van der Waals surface area contributed by atoms with Gasteiger partial charge in [0.1, 0.15) is 5.75 Å². The fourth-order valence-electron chi connectivity index (χ4n) is 3.68. The quantitative estimate of drug-likeness (QED) is 0.387. The van der Waals surface area contributed by atoms with E-state index in [0.29, 0.717) is 34.7 Å². The second-order valence-corrected chi connectivity index (χ2v) is 9.35. The predicted molar refractivity (Wildman–Crippen MR) is 135 cm³/mol. The summed E-state index contributed by atoms with van der Waals surface area (Å²) in [5.74, 6) is 1.45. The van der Waals surface area contributed by atoms with Crippen molar-refractivity contribution in [2.24, 2.45) is 0 Å². The van der Waals surface area contributed by atoms with Crippen molar-refractivity contribution in [1.29, 1.82) is 0 Å². The lowest BCUT2D eigenvalue weighted by Crippen LogP contribution is -2.20. The molecule has 1 atom stereocenters. The monoisotopic (exact) mass is 501 g/mol. The van der Waals surface area contributed by atoms with E-state index in [1.807, 2.05) is 54.0 Å². The fourth-order valence-corrected chi connectivity index (χ4v) is 4.63. The van der Waals surface area contributed by atoms with E-state index in [9.17, 15) is 4.79 Å². The van der Waals surface area contributed by atoms with E-state index >= 15 is 0 Å². The minimum absolute atomic E-state index is 0.116. The maximum atomic E-state index is 12.6. The summed E-state index contributed by atoms with van der Waals surface area (Å²) in [7, 11) is 1.58. The van der Waals surface area contributed by atoms with Crippen LogP contribution in [0.5, 0.6) is 5.75 Å². The van der Waals surface area contributed by atoms with Crippen molar-refractivity contribution < 1.29 is 14.3 Å². The van der Waals surface area contributed by atoms with Gasteiger partial charge in [0.05, 0.1) is 37.7 Å². The number of aryl methyl sites for hydroxylation is 1. The van der Waals surface area contributed by atoms with Crippen LogP contribution < -0.4 is 15.4 Å². The van der Waals surface area contributed by atoms with Crippen LogP contribution in [0.25, 0.3) is 0 Å². The number of ether oxygens (including phenoxy) is 2. The molecular formula is C24H28ClN5O3S. The molecule has 8 nitrogen and oxygen atoms in total. The summed E-state index contributed by atoms with van der Waals surface area (Å²) in [6, 6.07) is 13.2. The second-order valence-electron chi connectivity index (χ2n) is 8.00. The number of nitrogens with zero attached hydrogens (tertiary/aromatic N) is 3. The summed E-state index contributed by atoms with van der Waals surface area (Å²) >= 11 is 7.60. The average molecular weight is 502 g/mol. The molecule has 34 heavy (non-hydrogen) atoms. The first kappa shape index (κ1) is 24.4. The highest BCUT2D eigenvalue weighted by Crippen LogP contribution is 2.26. The first-order chi connectivity index (χ1) is 16.5. The van der Waals surface area contributed by atoms with E-state index < -0.39 is 0 Å². The lowest BCUT2D eigenvalue weighted by Gasteiger charge is -2.15. The summed E-state index contributed by atoms with van der Waals surface area (Å²) in [6.45, 7) is 3.87. The van der Waals surface area contributed by atoms with E-state index in [1.165, 1.54) is 11.8 Å². The minimum atomic E-state index is -0.143. The number of para-hydroxylation sites is 2. The van der Waals surface area contributed by atoms with Gasteiger partial charge in [0, 0.05) is 17.3 Å². The molecule has 3 aromatic rings. The topological polar surface area (TPSA) is 90.3 Å². The highest BCUT2D eigenvalue weighted by atomic mass is 35.5. The number of methoxy groups -OCH3 is 1. The molecule has 0 spiro atoms. The third-order valence-corrected chi connectivity index (χ3v) is 6.91. The molecule has 1 saturated heterocycles. The summed E-state index contributed by atoms with van der Waals surface area (Å²) in [5, 5.41) is 16.4. The van der Waals surface area contributed by atoms with Crippen molar-refractivity contribution in [3.63, 3.8) is 0 Å². The average Bonchev–Trinajstić information content (AvgIpc) is 3.49. The molecule has 0 aliphatic carbocycles. The van der Waals surface area contributed by atoms with Crippen LogP contribution in [-0.4, -0.2) is 46.2 Å². The number of hydrogen-bond acceptors (Lipinski definition) is 7. The zero-order valence-electron chi connectivity index (χ0n) is 19.2. The van der Waals surface area contributed by atoms with Gasteiger partial charge in [-0.3, -0.25) is 4.79 Å². The minimum Gasteiger partial charge on any atom is -0.495 e. The molecule has 1 fully saturated rings. The molecule has 1 amide bonds. The molecule has 0 bridgehead atoms. The van der Waals surface area contributed by atoms with Gasteiger partial charge in [0.2, 0.25) is 5.91 Å². The van der Waals surface area contributed by atoms with Gasteiger partial charge in [-0.05, 0) is 49.6 Å². The molecule has 2 aromatic carbocycles. The Morgan fingerprint density at radius 2 is 2.15 bits per heavy atom. The number of hydrogen-bond donors (Lipinski definition) is 2. The zero-order valence-corrected chi connectivity index (χ0v) is 20.8. The maximum Gasteiger partial charge on any atom is 0.234 e. The Labute approximate surface area is 208 Å². The largest absolute Gasteiger partial charge is 0.495 e. The normalized spacial score (nSPS) is 15.3. The molecule has 180 valence electrons. The first-order valence-corrected chi connectivity index (χ1v) is 12.5. The molecule has 2 heterocycles. The molecule has 1 aromatic heterocycles. The number of carbonyl (C=O) groups excluding carboxylic acids is 1. The van der Waals surface area contributed by atoms with E-state index in [2.05, 4.69) is 20.8 Å². The maximum absolute atomic E-state index is 12.6. The standard InChI is InChI=1S/C24H28ClN5O3S/c1-16-9-10-17(12-19(16)25)26-13-22-28-29-24(30(22)14-18-6-5-11-33-18)34-15-23(31)27-20-7-3-4-8-21(20)32-2/h3-4,7-10,12,18,26H,5-6,11,13-15H2,1-2H3,(H,27,31)/t18-/m1/s1. The number of carbonyl (C=O) groups is 1.